The van der Waals surface area contributed by atoms with Gasteiger partial charge in [-0.3, -0.25) is 0 Å². The number of rotatable bonds is 8. The van der Waals surface area contributed by atoms with E-state index in [1.807, 2.05) is 11.8 Å². The van der Waals surface area contributed by atoms with E-state index in [-0.39, 0.29) is 5.82 Å². The summed E-state index contributed by atoms with van der Waals surface area (Å²) in [6.45, 7) is 5.34. The van der Waals surface area contributed by atoms with Crippen molar-refractivity contribution in [2.75, 3.05) is 18.1 Å². The fourth-order valence-corrected chi connectivity index (χ4v) is 2.93. The minimum atomic E-state index is -0.161. The summed E-state index contributed by atoms with van der Waals surface area (Å²) in [5, 5.41) is 3.54. The molecule has 0 amide bonds. The summed E-state index contributed by atoms with van der Waals surface area (Å²) in [6, 6.07) is 5.31. The largest absolute Gasteiger partial charge is 0.313 e. The quantitative estimate of drug-likeness (QED) is 0.763. The smallest absolute Gasteiger partial charge is 0.123 e. The third kappa shape index (κ3) is 5.72. The Morgan fingerprint density at radius 2 is 2.17 bits per heavy atom. The first-order chi connectivity index (χ1) is 8.67. The maximum Gasteiger partial charge on any atom is 0.123 e. The fraction of sp³-hybridized carbons (Fsp3) is 0.571. The average molecular weight is 334 g/mol. The highest BCUT2D eigenvalue weighted by atomic mass is 79.9. The van der Waals surface area contributed by atoms with Crippen LogP contribution in [0.4, 0.5) is 4.39 Å². The molecule has 0 radical (unpaired) electrons. The van der Waals surface area contributed by atoms with E-state index in [1.165, 1.54) is 6.07 Å². The molecule has 0 aromatic heterocycles. The molecule has 1 unspecified atom stereocenters. The molecule has 102 valence electrons. The molecule has 1 aromatic rings. The second-order valence-electron chi connectivity index (χ2n) is 4.25. The van der Waals surface area contributed by atoms with Crippen molar-refractivity contribution in [3.8, 4) is 0 Å². The maximum atomic E-state index is 13.3. The second kappa shape index (κ2) is 8.94. The number of hydrogen-bond acceptors (Lipinski definition) is 2. The van der Waals surface area contributed by atoms with Crippen LogP contribution in [0.3, 0.4) is 0 Å². The van der Waals surface area contributed by atoms with Gasteiger partial charge >= 0.3 is 0 Å². The van der Waals surface area contributed by atoms with E-state index >= 15 is 0 Å². The molecule has 1 rings (SSSR count). The van der Waals surface area contributed by atoms with Gasteiger partial charge in [-0.15, -0.1) is 0 Å². The third-order valence-electron chi connectivity index (χ3n) is 2.68. The van der Waals surface area contributed by atoms with Crippen molar-refractivity contribution in [1.29, 1.82) is 0 Å². The first-order valence-electron chi connectivity index (χ1n) is 6.42. The van der Waals surface area contributed by atoms with Gasteiger partial charge < -0.3 is 5.32 Å². The zero-order valence-corrected chi connectivity index (χ0v) is 13.4. The molecule has 1 N–H and O–H groups in total. The zero-order chi connectivity index (χ0) is 13.4. The van der Waals surface area contributed by atoms with Crippen molar-refractivity contribution in [3.05, 3.63) is 34.1 Å². The van der Waals surface area contributed by atoms with Crippen LogP contribution in [0.5, 0.6) is 0 Å². The minimum absolute atomic E-state index is 0.161. The second-order valence-corrected chi connectivity index (χ2v) is 6.42. The first kappa shape index (κ1) is 16.0. The van der Waals surface area contributed by atoms with Crippen molar-refractivity contribution in [2.24, 2.45) is 0 Å². The summed E-state index contributed by atoms with van der Waals surface area (Å²) < 4.78 is 14.2. The normalized spacial score (nSPS) is 12.7. The molecule has 0 aliphatic carbocycles. The zero-order valence-electron chi connectivity index (χ0n) is 11.0. The summed E-state index contributed by atoms with van der Waals surface area (Å²) in [5.41, 5.74) is 1.04. The number of nitrogens with one attached hydrogen (secondary N) is 1. The van der Waals surface area contributed by atoms with E-state index in [1.54, 1.807) is 12.1 Å². The van der Waals surface area contributed by atoms with Crippen LogP contribution in [-0.2, 0) is 6.42 Å². The first-order valence-corrected chi connectivity index (χ1v) is 8.37. The number of hydrogen-bond donors (Lipinski definition) is 1. The van der Waals surface area contributed by atoms with E-state index in [4.69, 9.17) is 0 Å². The lowest BCUT2D eigenvalue weighted by molar-refractivity contribution is 0.546. The lowest BCUT2D eigenvalue weighted by Gasteiger charge is -2.18. The molecule has 0 fully saturated rings. The molecule has 0 heterocycles. The van der Waals surface area contributed by atoms with Crippen LogP contribution < -0.4 is 5.32 Å². The lowest BCUT2D eigenvalue weighted by Crippen LogP contribution is -2.34. The topological polar surface area (TPSA) is 12.0 Å². The Morgan fingerprint density at radius 1 is 1.39 bits per heavy atom. The van der Waals surface area contributed by atoms with E-state index in [0.29, 0.717) is 6.04 Å². The van der Waals surface area contributed by atoms with Crippen LogP contribution in [0.1, 0.15) is 25.8 Å². The predicted molar refractivity (Wildman–Crippen MR) is 82.9 cm³/mol. The van der Waals surface area contributed by atoms with Crippen LogP contribution in [0, 0.1) is 5.82 Å². The molecule has 1 nitrogen and oxygen atoms in total. The Bertz CT molecular complexity index is 352. The Labute approximate surface area is 122 Å². The highest BCUT2D eigenvalue weighted by Crippen LogP contribution is 2.20. The summed E-state index contributed by atoms with van der Waals surface area (Å²) >= 11 is 5.42. The lowest BCUT2D eigenvalue weighted by atomic mass is 10.1. The van der Waals surface area contributed by atoms with Crippen molar-refractivity contribution in [3.63, 3.8) is 0 Å². The van der Waals surface area contributed by atoms with Gasteiger partial charge in [0.05, 0.1) is 0 Å². The van der Waals surface area contributed by atoms with Crippen LogP contribution >= 0.6 is 27.7 Å². The van der Waals surface area contributed by atoms with Crippen LogP contribution in [0.2, 0.25) is 0 Å². The summed E-state index contributed by atoms with van der Waals surface area (Å²) in [4.78, 5) is 0. The van der Waals surface area contributed by atoms with Gasteiger partial charge in [-0.2, -0.15) is 11.8 Å². The Morgan fingerprint density at radius 3 is 2.83 bits per heavy atom. The Balaban J connectivity index is 2.65. The highest BCUT2D eigenvalue weighted by Gasteiger charge is 2.11. The van der Waals surface area contributed by atoms with Gasteiger partial charge in [-0.05, 0) is 48.9 Å². The van der Waals surface area contributed by atoms with Crippen molar-refractivity contribution < 1.29 is 4.39 Å². The predicted octanol–water partition coefficient (Wildman–Crippen LogP) is 4.25. The van der Waals surface area contributed by atoms with Crippen molar-refractivity contribution in [1.82, 2.24) is 5.32 Å². The highest BCUT2D eigenvalue weighted by molar-refractivity contribution is 9.10. The molecular weight excluding hydrogens is 313 g/mol. The van der Waals surface area contributed by atoms with Gasteiger partial charge in [-0.1, -0.05) is 29.8 Å². The third-order valence-corrected chi connectivity index (χ3v) is 4.50. The van der Waals surface area contributed by atoms with Gasteiger partial charge in [0.25, 0.3) is 0 Å². The van der Waals surface area contributed by atoms with Gasteiger partial charge in [0, 0.05) is 16.3 Å². The van der Waals surface area contributed by atoms with E-state index < -0.39 is 0 Å². The molecule has 1 aromatic carbocycles. The number of thioether (sulfide) groups is 1. The molecule has 18 heavy (non-hydrogen) atoms. The van der Waals surface area contributed by atoms with Crippen LogP contribution in [0.25, 0.3) is 0 Å². The monoisotopic (exact) mass is 333 g/mol. The van der Waals surface area contributed by atoms with E-state index in [0.717, 1.165) is 40.9 Å². The molecule has 0 bridgehead atoms. The average Bonchev–Trinajstić information content (AvgIpc) is 2.37. The van der Waals surface area contributed by atoms with Crippen LogP contribution in [-0.4, -0.2) is 24.1 Å². The summed E-state index contributed by atoms with van der Waals surface area (Å²) in [5.74, 6) is 2.03. The molecule has 0 aliphatic heterocycles. The van der Waals surface area contributed by atoms with Gasteiger partial charge in [-0.25, -0.2) is 4.39 Å². The van der Waals surface area contributed by atoms with Crippen LogP contribution in [0.15, 0.2) is 22.7 Å². The van der Waals surface area contributed by atoms with Gasteiger partial charge in [0.15, 0.2) is 0 Å². The van der Waals surface area contributed by atoms with E-state index in [2.05, 4.69) is 35.1 Å². The van der Waals surface area contributed by atoms with Gasteiger partial charge in [0.1, 0.15) is 5.82 Å². The van der Waals surface area contributed by atoms with Crippen molar-refractivity contribution >= 4 is 27.7 Å². The summed E-state index contributed by atoms with van der Waals surface area (Å²) in [6.07, 6.45) is 1.99. The number of halogens is 2. The molecule has 0 spiro atoms. The molecule has 0 aliphatic rings. The standard InChI is InChI=1S/C14H21BrFNS/c1-3-7-17-13(10-18-4-2)9-11-8-12(16)5-6-14(11)15/h5-6,8,13,17H,3-4,7,9-10H2,1-2H3. The molecule has 0 saturated heterocycles. The minimum Gasteiger partial charge on any atom is -0.313 e. The molecule has 1 atom stereocenters. The van der Waals surface area contributed by atoms with E-state index in [9.17, 15) is 4.39 Å². The SMILES string of the molecule is CCCNC(CSCC)Cc1cc(F)ccc1Br. The summed E-state index contributed by atoms with van der Waals surface area (Å²) in [7, 11) is 0. The Hall–Kier alpha value is -0.0600. The molecular formula is C14H21BrFNS. The number of benzene rings is 1. The molecule has 4 heteroatoms. The molecule has 0 saturated carbocycles. The fourth-order valence-electron chi connectivity index (χ4n) is 1.76. The maximum absolute atomic E-state index is 13.3. The Kier molecular flexibility index (Phi) is 7.95. The van der Waals surface area contributed by atoms with Crippen molar-refractivity contribution in [2.45, 2.75) is 32.7 Å². The van der Waals surface area contributed by atoms with Gasteiger partial charge in [0.2, 0.25) is 0 Å².